The van der Waals surface area contributed by atoms with Crippen LogP contribution in [0.3, 0.4) is 0 Å². The molecule has 0 spiro atoms. The Bertz CT molecular complexity index is 3380. The minimum atomic E-state index is -4.05. The van der Waals surface area contributed by atoms with Crippen LogP contribution in [0.15, 0.2) is 234 Å². The van der Waals surface area contributed by atoms with Crippen LogP contribution in [0.5, 0.6) is 0 Å². The second kappa shape index (κ2) is 15.8. The molecule has 298 valence electrons. The summed E-state index contributed by atoms with van der Waals surface area (Å²) in [6, 6.07) is 74.2. The van der Waals surface area contributed by atoms with Crippen LogP contribution in [0.4, 0.5) is 0 Å². The molecule has 0 atom stereocenters. The zero-order valence-corrected chi connectivity index (χ0v) is 34.7. The molecule has 63 heavy (non-hydrogen) atoms. The largest absolute Gasteiger partial charge is 0.218 e. The van der Waals surface area contributed by atoms with Crippen LogP contribution in [0.25, 0.3) is 101 Å². The molecule has 1 aliphatic heterocycles. The van der Waals surface area contributed by atoms with E-state index in [2.05, 4.69) is 72.8 Å². The van der Waals surface area contributed by atoms with Crippen LogP contribution in [-0.2, 0) is 9.84 Å². The summed E-state index contributed by atoms with van der Waals surface area (Å²) in [4.78, 5) is 16.0. The summed E-state index contributed by atoms with van der Waals surface area (Å²) in [5, 5.41) is 0. The van der Waals surface area contributed by atoms with Crippen LogP contribution in [0.2, 0.25) is 0 Å². The second-order valence-electron chi connectivity index (χ2n) is 15.5. The lowest BCUT2D eigenvalue weighted by atomic mass is 9.86. The maximum Gasteiger partial charge on any atom is 0.207 e. The van der Waals surface area contributed by atoms with E-state index in [0.717, 1.165) is 72.3 Å². The van der Waals surface area contributed by atoms with E-state index in [0.29, 0.717) is 28.6 Å². The first-order valence-corrected chi connectivity index (χ1v) is 22.3. The van der Waals surface area contributed by atoms with Gasteiger partial charge >= 0.3 is 0 Å². The lowest BCUT2D eigenvalue weighted by Gasteiger charge is -2.18. The molecule has 6 heteroatoms. The molecule has 10 aromatic rings. The highest BCUT2D eigenvalue weighted by Crippen LogP contribution is 2.47. The Kier molecular flexibility index (Phi) is 9.48. The van der Waals surface area contributed by atoms with Gasteiger partial charge < -0.3 is 0 Å². The van der Waals surface area contributed by atoms with Crippen molar-refractivity contribution in [3.05, 3.63) is 224 Å². The highest BCUT2D eigenvalue weighted by Gasteiger charge is 2.29. The molecule has 0 amide bonds. The van der Waals surface area contributed by atoms with Gasteiger partial charge in [-0.1, -0.05) is 194 Å². The molecule has 1 aromatic heterocycles. The van der Waals surface area contributed by atoms with Gasteiger partial charge in [-0.15, -0.1) is 0 Å². The zero-order valence-electron chi connectivity index (χ0n) is 33.9. The number of rotatable bonds is 5. The Balaban J connectivity index is 1.17. The Morgan fingerprint density at radius 1 is 0.238 bits per heavy atom. The first-order valence-electron chi connectivity index (χ1n) is 20.8. The van der Waals surface area contributed by atoms with Gasteiger partial charge in [-0.25, -0.2) is 23.4 Å². The van der Waals surface area contributed by atoms with Gasteiger partial charge in [0.2, 0.25) is 9.84 Å². The second-order valence-corrected chi connectivity index (χ2v) is 17.4. The van der Waals surface area contributed by atoms with Gasteiger partial charge in [-0.05, 0) is 86.0 Å². The number of benzene rings is 9. The van der Waals surface area contributed by atoms with Crippen molar-refractivity contribution in [2.45, 2.75) is 9.79 Å². The average Bonchev–Trinajstić information content (AvgIpc) is 3.37. The third kappa shape index (κ3) is 6.93. The lowest BCUT2D eigenvalue weighted by molar-refractivity contribution is 0.596. The minimum Gasteiger partial charge on any atom is -0.218 e. The Hall–Kier alpha value is -8.06. The Labute approximate surface area is 366 Å². The van der Waals surface area contributed by atoms with Crippen LogP contribution >= 0.6 is 0 Å². The van der Waals surface area contributed by atoms with Gasteiger partial charge in [-0.3, -0.25) is 0 Å². The fourth-order valence-electron chi connectivity index (χ4n) is 8.71. The van der Waals surface area contributed by atoms with Gasteiger partial charge in [0, 0.05) is 27.8 Å². The predicted octanol–water partition coefficient (Wildman–Crippen LogP) is 14.0. The van der Waals surface area contributed by atoms with Crippen molar-refractivity contribution < 1.29 is 8.42 Å². The summed E-state index contributed by atoms with van der Waals surface area (Å²) in [6.45, 7) is 0. The molecule has 0 N–H and O–H groups in total. The summed E-state index contributed by atoms with van der Waals surface area (Å²) in [5.41, 5.74) is 13.3. The van der Waals surface area contributed by atoms with Crippen molar-refractivity contribution in [3.8, 4) is 101 Å². The minimum absolute atomic E-state index is 0.222. The molecule has 0 saturated carbocycles. The monoisotopic (exact) mass is 827 g/mol. The summed E-state index contributed by atoms with van der Waals surface area (Å²) >= 11 is 0. The standard InChI is InChI=1S/C57H37N3O2S/c61-63(62)53-31-13-11-29-50(53)48-28-10-9-26-46(48)45-25-7-8-27-47(45)49-34-33-44(37-52(49)51-30-12-14-32-54(51)63)57-59-55(42-23-15-21-40(35-42)38-17-3-1-4-18-38)58-56(60-57)43-24-16-22-41(36-43)39-19-5-2-6-20-39/h1-37H. The summed E-state index contributed by atoms with van der Waals surface area (Å²) in [7, 11) is -4.05. The van der Waals surface area contributed by atoms with Crippen molar-refractivity contribution in [2.24, 2.45) is 0 Å². The molecule has 5 nitrogen and oxygen atoms in total. The van der Waals surface area contributed by atoms with Gasteiger partial charge in [0.1, 0.15) is 0 Å². The van der Waals surface area contributed by atoms with E-state index < -0.39 is 9.84 Å². The quantitative estimate of drug-likeness (QED) is 0.173. The van der Waals surface area contributed by atoms with Crippen LogP contribution in [-0.4, -0.2) is 23.4 Å². The molecule has 1 aliphatic rings. The molecule has 11 rings (SSSR count). The highest BCUT2D eigenvalue weighted by atomic mass is 32.2. The van der Waals surface area contributed by atoms with E-state index in [1.54, 1.807) is 24.3 Å². The summed E-state index contributed by atoms with van der Waals surface area (Å²) in [5.74, 6) is 1.51. The van der Waals surface area contributed by atoms with Gasteiger partial charge in [0.15, 0.2) is 17.5 Å². The molecule has 0 unspecified atom stereocenters. The van der Waals surface area contributed by atoms with Crippen molar-refractivity contribution in [2.75, 3.05) is 0 Å². The zero-order chi connectivity index (χ0) is 42.3. The number of hydrogen-bond acceptors (Lipinski definition) is 5. The fourth-order valence-corrected chi connectivity index (χ4v) is 10.4. The fraction of sp³-hybridized carbons (Fsp3) is 0. The van der Waals surface area contributed by atoms with E-state index in [9.17, 15) is 0 Å². The maximum atomic E-state index is 15.1. The molecule has 9 aromatic carbocycles. The van der Waals surface area contributed by atoms with Gasteiger partial charge in [-0.2, -0.15) is 0 Å². The molecule has 0 bridgehead atoms. The third-order valence-corrected chi connectivity index (χ3v) is 13.6. The summed E-state index contributed by atoms with van der Waals surface area (Å²) in [6.07, 6.45) is 0. The van der Waals surface area contributed by atoms with Gasteiger partial charge in [0.25, 0.3) is 0 Å². The van der Waals surface area contributed by atoms with E-state index in [1.807, 2.05) is 127 Å². The molecule has 2 heterocycles. The van der Waals surface area contributed by atoms with Crippen molar-refractivity contribution in [1.82, 2.24) is 15.0 Å². The molecular weight excluding hydrogens is 791 g/mol. The number of aromatic nitrogens is 3. The molecular formula is C57H37N3O2S. The van der Waals surface area contributed by atoms with Crippen molar-refractivity contribution in [1.29, 1.82) is 0 Å². The smallest absolute Gasteiger partial charge is 0.207 e. The van der Waals surface area contributed by atoms with E-state index in [4.69, 9.17) is 15.0 Å². The number of hydrogen-bond donors (Lipinski definition) is 0. The van der Waals surface area contributed by atoms with E-state index >= 15 is 8.42 Å². The number of fused-ring (bicyclic) bond motifs is 9. The van der Waals surface area contributed by atoms with Crippen LogP contribution in [0.1, 0.15) is 0 Å². The van der Waals surface area contributed by atoms with Crippen molar-refractivity contribution in [3.63, 3.8) is 0 Å². The number of nitrogens with zero attached hydrogens (tertiary/aromatic N) is 3. The maximum absolute atomic E-state index is 15.1. The SMILES string of the molecule is O=S1(=O)c2ccccc2-c2ccccc2-c2ccccc2-c2ccc(-c3nc(-c4cccc(-c5ccccc5)c4)nc(-c4cccc(-c5ccccc5)c4)n3)cc2-c2ccccc21. The van der Waals surface area contributed by atoms with E-state index in [-0.39, 0.29) is 9.79 Å². The van der Waals surface area contributed by atoms with Crippen LogP contribution in [0, 0.1) is 0 Å². The topological polar surface area (TPSA) is 72.8 Å². The molecule has 0 saturated heterocycles. The Morgan fingerprint density at radius 3 is 1.02 bits per heavy atom. The van der Waals surface area contributed by atoms with Gasteiger partial charge in [0.05, 0.1) is 9.79 Å². The predicted molar refractivity (Wildman–Crippen MR) is 254 cm³/mol. The van der Waals surface area contributed by atoms with E-state index in [1.165, 1.54) is 0 Å². The molecule has 0 fully saturated rings. The highest BCUT2D eigenvalue weighted by molar-refractivity contribution is 7.91. The van der Waals surface area contributed by atoms with Crippen molar-refractivity contribution >= 4 is 9.84 Å². The number of sulfone groups is 1. The first-order chi connectivity index (χ1) is 31.0. The molecule has 0 aliphatic carbocycles. The normalized spacial score (nSPS) is 12.4. The van der Waals surface area contributed by atoms with Crippen LogP contribution < -0.4 is 0 Å². The lowest BCUT2D eigenvalue weighted by Crippen LogP contribution is -2.06. The third-order valence-electron chi connectivity index (χ3n) is 11.7. The summed E-state index contributed by atoms with van der Waals surface area (Å²) < 4.78 is 30.2. The molecule has 0 radical (unpaired) electrons. The first kappa shape index (κ1) is 37.9. The Morgan fingerprint density at radius 2 is 0.556 bits per heavy atom. The average molecular weight is 828 g/mol.